The molecule has 2 aromatic carbocycles. The van der Waals surface area contributed by atoms with Gasteiger partial charge in [-0.3, -0.25) is 9.59 Å². The SMILES string of the molecule is NC(=O)c1ccc(NC(=O)[C@@H]2CCCN(S(=O)(=O)c3ccc(F)cc3)C2)cc1. The summed E-state index contributed by atoms with van der Waals surface area (Å²) in [6.45, 7) is 0.349. The van der Waals surface area contributed by atoms with Crippen LogP contribution in [-0.2, 0) is 14.8 Å². The van der Waals surface area contributed by atoms with E-state index >= 15 is 0 Å². The highest BCUT2D eigenvalue weighted by Gasteiger charge is 2.33. The van der Waals surface area contributed by atoms with Crippen LogP contribution in [0, 0.1) is 11.7 Å². The number of nitrogens with two attached hydrogens (primary N) is 1. The number of nitrogens with zero attached hydrogens (tertiary/aromatic N) is 1. The third-order valence-electron chi connectivity index (χ3n) is 4.64. The Morgan fingerprint density at radius 2 is 1.71 bits per heavy atom. The van der Waals surface area contributed by atoms with E-state index in [2.05, 4.69) is 5.32 Å². The average molecular weight is 405 g/mol. The molecule has 0 bridgehead atoms. The van der Waals surface area contributed by atoms with Gasteiger partial charge in [0.1, 0.15) is 5.82 Å². The molecule has 28 heavy (non-hydrogen) atoms. The van der Waals surface area contributed by atoms with Gasteiger partial charge in [0, 0.05) is 24.3 Å². The predicted octanol–water partition coefficient (Wildman–Crippen LogP) is 1.96. The molecule has 1 atom stereocenters. The van der Waals surface area contributed by atoms with E-state index in [1.807, 2.05) is 0 Å². The minimum absolute atomic E-state index is 0.00278. The zero-order valence-corrected chi connectivity index (χ0v) is 15.8. The van der Waals surface area contributed by atoms with E-state index in [-0.39, 0.29) is 17.3 Å². The fourth-order valence-corrected chi connectivity index (χ4v) is 4.62. The van der Waals surface area contributed by atoms with Gasteiger partial charge < -0.3 is 11.1 Å². The van der Waals surface area contributed by atoms with Crippen molar-refractivity contribution in [3.8, 4) is 0 Å². The van der Waals surface area contributed by atoms with Crippen LogP contribution in [0.3, 0.4) is 0 Å². The highest BCUT2D eigenvalue weighted by Crippen LogP contribution is 2.25. The quantitative estimate of drug-likeness (QED) is 0.792. The fourth-order valence-electron chi connectivity index (χ4n) is 3.09. The van der Waals surface area contributed by atoms with Gasteiger partial charge in [0.15, 0.2) is 0 Å². The van der Waals surface area contributed by atoms with Gasteiger partial charge in [-0.2, -0.15) is 4.31 Å². The molecule has 3 N–H and O–H groups in total. The molecule has 3 rings (SSSR count). The number of benzene rings is 2. The van der Waals surface area contributed by atoms with Crippen molar-refractivity contribution < 1.29 is 22.4 Å². The molecule has 1 fully saturated rings. The lowest BCUT2D eigenvalue weighted by Crippen LogP contribution is -2.43. The van der Waals surface area contributed by atoms with Gasteiger partial charge in [0.25, 0.3) is 0 Å². The maximum Gasteiger partial charge on any atom is 0.248 e. The Morgan fingerprint density at radius 3 is 2.32 bits per heavy atom. The molecule has 0 aromatic heterocycles. The number of hydrogen-bond donors (Lipinski definition) is 2. The molecule has 1 saturated heterocycles. The van der Waals surface area contributed by atoms with Crippen molar-refractivity contribution in [2.75, 3.05) is 18.4 Å². The van der Waals surface area contributed by atoms with E-state index in [0.29, 0.717) is 30.6 Å². The first-order chi connectivity index (χ1) is 13.3. The Hall–Kier alpha value is -2.78. The van der Waals surface area contributed by atoms with Gasteiger partial charge in [-0.05, 0) is 61.4 Å². The lowest BCUT2D eigenvalue weighted by atomic mass is 9.98. The van der Waals surface area contributed by atoms with Crippen molar-refractivity contribution in [1.29, 1.82) is 0 Å². The molecule has 2 aromatic rings. The molecule has 0 aliphatic carbocycles. The summed E-state index contributed by atoms with van der Waals surface area (Å²) in [6, 6.07) is 10.8. The summed E-state index contributed by atoms with van der Waals surface area (Å²) in [7, 11) is -3.80. The normalized spacial score (nSPS) is 17.8. The van der Waals surface area contributed by atoms with Crippen LogP contribution in [0.25, 0.3) is 0 Å². The number of anilines is 1. The van der Waals surface area contributed by atoms with Crippen LogP contribution in [0.4, 0.5) is 10.1 Å². The molecule has 0 unspecified atom stereocenters. The van der Waals surface area contributed by atoms with E-state index in [0.717, 1.165) is 12.1 Å². The molecule has 1 aliphatic rings. The maximum absolute atomic E-state index is 13.1. The molecular formula is C19H20FN3O4S. The lowest BCUT2D eigenvalue weighted by molar-refractivity contribution is -0.120. The van der Waals surface area contributed by atoms with Gasteiger partial charge in [-0.1, -0.05) is 0 Å². The van der Waals surface area contributed by atoms with Crippen LogP contribution in [0.2, 0.25) is 0 Å². The Bertz CT molecular complexity index is 975. The topological polar surface area (TPSA) is 110 Å². The fraction of sp³-hybridized carbons (Fsp3) is 0.263. The molecule has 1 aliphatic heterocycles. The van der Waals surface area contributed by atoms with E-state index in [1.54, 1.807) is 12.1 Å². The van der Waals surface area contributed by atoms with E-state index < -0.39 is 27.7 Å². The summed E-state index contributed by atoms with van der Waals surface area (Å²) in [5, 5.41) is 2.73. The number of nitrogens with one attached hydrogen (secondary N) is 1. The van der Waals surface area contributed by atoms with Crippen LogP contribution in [-0.4, -0.2) is 37.6 Å². The van der Waals surface area contributed by atoms with Crippen molar-refractivity contribution in [3.63, 3.8) is 0 Å². The third-order valence-corrected chi connectivity index (χ3v) is 6.52. The van der Waals surface area contributed by atoms with Gasteiger partial charge in [-0.25, -0.2) is 12.8 Å². The monoisotopic (exact) mass is 405 g/mol. The molecule has 7 nitrogen and oxygen atoms in total. The number of piperidine rings is 1. The van der Waals surface area contributed by atoms with Gasteiger partial charge >= 0.3 is 0 Å². The first-order valence-corrected chi connectivity index (χ1v) is 10.2. The molecule has 148 valence electrons. The van der Waals surface area contributed by atoms with Crippen molar-refractivity contribution in [2.45, 2.75) is 17.7 Å². The van der Waals surface area contributed by atoms with Crippen LogP contribution in [0.15, 0.2) is 53.4 Å². The second-order valence-electron chi connectivity index (χ2n) is 6.59. The average Bonchev–Trinajstić information content (AvgIpc) is 2.69. The molecule has 0 radical (unpaired) electrons. The third kappa shape index (κ3) is 4.37. The zero-order chi connectivity index (χ0) is 20.3. The Morgan fingerprint density at radius 1 is 1.07 bits per heavy atom. The summed E-state index contributed by atoms with van der Waals surface area (Å²) in [5.41, 5.74) is 6.00. The molecule has 0 spiro atoms. The van der Waals surface area contributed by atoms with E-state index in [4.69, 9.17) is 5.73 Å². The van der Waals surface area contributed by atoms with Gasteiger partial charge in [0.2, 0.25) is 21.8 Å². The minimum atomic E-state index is -3.80. The minimum Gasteiger partial charge on any atom is -0.366 e. The number of carbonyl (C=O) groups excluding carboxylic acids is 2. The van der Waals surface area contributed by atoms with Crippen molar-refractivity contribution in [2.24, 2.45) is 11.7 Å². The number of primary amides is 1. The molecule has 2 amide bonds. The van der Waals surface area contributed by atoms with Crippen molar-refractivity contribution >= 4 is 27.5 Å². The summed E-state index contributed by atoms with van der Waals surface area (Å²) >= 11 is 0. The second-order valence-corrected chi connectivity index (χ2v) is 8.52. The van der Waals surface area contributed by atoms with Crippen LogP contribution in [0.5, 0.6) is 0 Å². The largest absolute Gasteiger partial charge is 0.366 e. The van der Waals surface area contributed by atoms with E-state index in [1.165, 1.54) is 28.6 Å². The van der Waals surface area contributed by atoms with E-state index in [9.17, 15) is 22.4 Å². The lowest BCUT2D eigenvalue weighted by Gasteiger charge is -2.31. The van der Waals surface area contributed by atoms with Crippen molar-refractivity contribution in [1.82, 2.24) is 4.31 Å². The number of halogens is 1. The molecule has 1 heterocycles. The Kier molecular flexibility index (Phi) is 5.76. The zero-order valence-electron chi connectivity index (χ0n) is 15.0. The number of hydrogen-bond acceptors (Lipinski definition) is 4. The Labute approximate surface area is 162 Å². The van der Waals surface area contributed by atoms with Crippen molar-refractivity contribution in [3.05, 3.63) is 59.9 Å². The highest BCUT2D eigenvalue weighted by molar-refractivity contribution is 7.89. The van der Waals surface area contributed by atoms with Gasteiger partial charge in [0.05, 0.1) is 10.8 Å². The smallest absolute Gasteiger partial charge is 0.248 e. The molecular weight excluding hydrogens is 385 g/mol. The standard InChI is InChI=1S/C19H20FN3O4S/c20-15-5-9-17(10-6-15)28(26,27)23-11-1-2-14(12-23)19(25)22-16-7-3-13(4-8-16)18(21)24/h3-10,14H,1-2,11-12H2,(H2,21,24)(H,22,25)/t14-/m1/s1. The van der Waals surface area contributed by atoms with Crippen LogP contribution in [0.1, 0.15) is 23.2 Å². The summed E-state index contributed by atoms with van der Waals surface area (Å²) in [6.07, 6.45) is 1.10. The first-order valence-electron chi connectivity index (χ1n) is 8.74. The number of sulfonamides is 1. The molecule has 0 saturated carbocycles. The number of carbonyl (C=O) groups is 2. The first kappa shape index (κ1) is 20.0. The molecule has 9 heteroatoms. The summed E-state index contributed by atoms with van der Waals surface area (Å²) in [4.78, 5) is 23.7. The number of amides is 2. The maximum atomic E-state index is 13.1. The summed E-state index contributed by atoms with van der Waals surface area (Å²) in [5.74, 6) is -1.89. The van der Waals surface area contributed by atoms with Gasteiger partial charge in [-0.15, -0.1) is 0 Å². The van der Waals surface area contributed by atoms with Crippen LogP contribution >= 0.6 is 0 Å². The number of rotatable bonds is 5. The van der Waals surface area contributed by atoms with Crippen LogP contribution < -0.4 is 11.1 Å². The second kappa shape index (κ2) is 8.07. The highest BCUT2D eigenvalue weighted by atomic mass is 32.2. The Balaban J connectivity index is 1.69. The predicted molar refractivity (Wildman–Crippen MR) is 101 cm³/mol. The summed E-state index contributed by atoms with van der Waals surface area (Å²) < 4.78 is 39.8.